The van der Waals surface area contributed by atoms with Crippen LogP contribution in [-0.2, 0) is 0 Å². The predicted octanol–water partition coefficient (Wildman–Crippen LogP) is 13.8. The van der Waals surface area contributed by atoms with Crippen molar-refractivity contribution in [3.63, 3.8) is 0 Å². The van der Waals surface area contributed by atoms with Crippen molar-refractivity contribution < 1.29 is 8.78 Å². The van der Waals surface area contributed by atoms with Crippen LogP contribution in [0.2, 0.25) is 0 Å². The standard InChI is InChI=1S/C42H60F2/c1-3-5-7-8-10-12-32-13-17-33(18-14-32)37-25-28-40(42(44)29-37)36-23-21-34(22-24-36)38-26-27-39(41(43)30-38)35-19-15-31(16-20-35)11-9-6-4-2/h23,25-35H,3-22,24H2,1-2H3. The van der Waals surface area contributed by atoms with E-state index in [1.54, 1.807) is 0 Å². The Hall–Kier alpha value is -1.96. The molecule has 0 aromatic heterocycles. The van der Waals surface area contributed by atoms with E-state index in [-0.39, 0.29) is 11.6 Å². The van der Waals surface area contributed by atoms with Gasteiger partial charge >= 0.3 is 0 Å². The van der Waals surface area contributed by atoms with Crippen molar-refractivity contribution in [1.29, 1.82) is 0 Å². The van der Waals surface area contributed by atoms with E-state index in [2.05, 4.69) is 38.1 Å². The minimum Gasteiger partial charge on any atom is -0.207 e. The first kappa shape index (κ1) is 33.4. The van der Waals surface area contributed by atoms with Crippen LogP contribution >= 0.6 is 0 Å². The lowest BCUT2D eigenvalue weighted by Crippen LogP contribution is -2.15. The van der Waals surface area contributed by atoms with Crippen molar-refractivity contribution in [2.45, 2.75) is 166 Å². The molecule has 3 aliphatic rings. The van der Waals surface area contributed by atoms with Gasteiger partial charge in [0.25, 0.3) is 0 Å². The van der Waals surface area contributed by atoms with Gasteiger partial charge in [-0.25, -0.2) is 8.78 Å². The van der Waals surface area contributed by atoms with Gasteiger partial charge in [-0.15, -0.1) is 0 Å². The van der Waals surface area contributed by atoms with Crippen LogP contribution in [-0.4, -0.2) is 0 Å². The second-order valence-corrected chi connectivity index (χ2v) is 14.9. The third kappa shape index (κ3) is 9.07. The van der Waals surface area contributed by atoms with Gasteiger partial charge < -0.3 is 0 Å². The van der Waals surface area contributed by atoms with Gasteiger partial charge in [0.1, 0.15) is 11.6 Å². The highest BCUT2D eigenvalue weighted by Crippen LogP contribution is 2.42. The molecule has 0 heterocycles. The maximum atomic E-state index is 15.4. The number of benzene rings is 2. The predicted molar refractivity (Wildman–Crippen MR) is 184 cm³/mol. The molecule has 1 unspecified atom stereocenters. The van der Waals surface area contributed by atoms with Crippen molar-refractivity contribution in [3.8, 4) is 0 Å². The number of unbranched alkanes of at least 4 members (excludes halogenated alkanes) is 6. The number of allylic oxidation sites excluding steroid dienone is 2. The van der Waals surface area contributed by atoms with E-state index in [1.165, 1.54) is 108 Å². The fourth-order valence-electron chi connectivity index (χ4n) is 8.82. The van der Waals surface area contributed by atoms with Crippen LogP contribution in [0, 0.1) is 23.5 Å². The quantitative estimate of drug-likeness (QED) is 0.189. The number of halogens is 2. The highest BCUT2D eigenvalue weighted by atomic mass is 19.1. The van der Waals surface area contributed by atoms with Crippen molar-refractivity contribution in [2.24, 2.45) is 11.8 Å². The van der Waals surface area contributed by atoms with E-state index in [4.69, 9.17) is 0 Å². The monoisotopic (exact) mass is 602 g/mol. The minimum absolute atomic E-state index is 0.00523. The SMILES string of the molecule is CCCCCCCC1CCC(c2ccc(C3=CCC(c4ccc(C5CCC(CCCCC)CC5)c(F)c4)CC3)c(F)c2)CC1. The molecule has 0 amide bonds. The first-order valence-electron chi connectivity index (χ1n) is 18.8. The summed E-state index contributed by atoms with van der Waals surface area (Å²) in [6.07, 6.45) is 28.3. The molecule has 5 rings (SSSR count). The fourth-order valence-corrected chi connectivity index (χ4v) is 8.82. The van der Waals surface area contributed by atoms with Crippen molar-refractivity contribution in [2.75, 3.05) is 0 Å². The van der Waals surface area contributed by atoms with E-state index in [0.29, 0.717) is 17.8 Å². The third-order valence-corrected chi connectivity index (χ3v) is 11.8. The molecule has 242 valence electrons. The van der Waals surface area contributed by atoms with E-state index in [0.717, 1.165) is 66.2 Å². The lowest BCUT2D eigenvalue weighted by Gasteiger charge is -2.30. The lowest BCUT2D eigenvalue weighted by molar-refractivity contribution is 0.299. The Morgan fingerprint density at radius 2 is 1.14 bits per heavy atom. The molecular formula is C42H60F2. The van der Waals surface area contributed by atoms with Crippen LogP contribution in [0.5, 0.6) is 0 Å². The molecule has 0 aliphatic heterocycles. The molecule has 0 spiro atoms. The van der Waals surface area contributed by atoms with Gasteiger partial charge in [0.05, 0.1) is 0 Å². The second-order valence-electron chi connectivity index (χ2n) is 14.9. The maximum Gasteiger partial charge on any atom is 0.130 e. The molecule has 2 aromatic carbocycles. The van der Waals surface area contributed by atoms with Crippen LogP contribution in [0.3, 0.4) is 0 Å². The van der Waals surface area contributed by atoms with Crippen molar-refractivity contribution >= 4 is 5.57 Å². The largest absolute Gasteiger partial charge is 0.207 e. The molecular weight excluding hydrogens is 542 g/mol. The van der Waals surface area contributed by atoms with Gasteiger partial charge in [-0.05, 0) is 135 Å². The molecule has 2 aromatic rings. The van der Waals surface area contributed by atoms with Crippen LogP contribution in [0.1, 0.15) is 189 Å². The van der Waals surface area contributed by atoms with E-state index < -0.39 is 0 Å². The Morgan fingerprint density at radius 3 is 1.75 bits per heavy atom. The summed E-state index contributed by atoms with van der Waals surface area (Å²) in [5.74, 6) is 2.88. The van der Waals surface area contributed by atoms with Crippen LogP contribution in [0.4, 0.5) is 8.78 Å². The summed E-state index contributed by atoms with van der Waals surface area (Å²) in [5, 5.41) is 0. The zero-order valence-corrected chi connectivity index (χ0v) is 28.0. The van der Waals surface area contributed by atoms with E-state index in [9.17, 15) is 0 Å². The van der Waals surface area contributed by atoms with Gasteiger partial charge in [0.15, 0.2) is 0 Å². The molecule has 2 heteroatoms. The first-order chi connectivity index (χ1) is 21.6. The Kier molecular flexibility index (Phi) is 13.0. The Morgan fingerprint density at radius 1 is 0.568 bits per heavy atom. The normalized spacial score (nSPS) is 26.0. The highest BCUT2D eigenvalue weighted by molar-refractivity contribution is 5.67. The van der Waals surface area contributed by atoms with Crippen LogP contribution in [0.25, 0.3) is 5.57 Å². The van der Waals surface area contributed by atoms with Gasteiger partial charge in [-0.1, -0.05) is 108 Å². The number of hydrogen-bond acceptors (Lipinski definition) is 0. The molecule has 44 heavy (non-hydrogen) atoms. The number of rotatable bonds is 14. The third-order valence-electron chi connectivity index (χ3n) is 11.8. The summed E-state index contributed by atoms with van der Waals surface area (Å²) >= 11 is 0. The van der Waals surface area contributed by atoms with E-state index in [1.807, 2.05) is 18.2 Å². The summed E-state index contributed by atoms with van der Waals surface area (Å²) in [7, 11) is 0. The summed E-state index contributed by atoms with van der Waals surface area (Å²) in [4.78, 5) is 0. The summed E-state index contributed by atoms with van der Waals surface area (Å²) < 4.78 is 30.8. The molecule has 0 N–H and O–H groups in total. The molecule has 0 nitrogen and oxygen atoms in total. The van der Waals surface area contributed by atoms with E-state index >= 15 is 8.78 Å². The molecule has 2 saturated carbocycles. The smallest absolute Gasteiger partial charge is 0.130 e. The fraction of sp³-hybridized carbons (Fsp3) is 0.667. The molecule has 1 atom stereocenters. The molecule has 0 saturated heterocycles. The van der Waals surface area contributed by atoms with Gasteiger partial charge in [-0.2, -0.15) is 0 Å². The Balaban J connectivity index is 1.10. The molecule has 2 fully saturated rings. The maximum absolute atomic E-state index is 15.4. The van der Waals surface area contributed by atoms with Crippen LogP contribution < -0.4 is 0 Å². The van der Waals surface area contributed by atoms with Crippen LogP contribution in [0.15, 0.2) is 42.5 Å². The Labute approximate surface area is 268 Å². The number of hydrogen-bond donors (Lipinski definition) is 0. The molecule has 0 bridgehead atoms. The summed E-state index contributed by atoms with van der Waals surface area (Å²) in [6, 6.07) is 12.2. The average molecular weight is 603 g/mol. The zero-order valence-electron chi connectivity index (χ0n) is 28.0. The lowest BCUT2D eigenvalue weighted by atomic mass is 9.76. The second kappa shape index (κ2) is 17.1. The average Bonchev–Trinajstić information content (AvgIpc) is 3.05. The van der Waals surface area contributed by atoms with Gasteiger partial charge in [0, 0.05) is 5.56 Å². The topological polar surface area (TPSA) is 0 Å². The minimum atomic E-state index is -0.0549. The van der Waals surface area contributed by atoms with Gasteiger partial charge in [-0.3, -0.25) is 0 Å². The van der Waals surface area contributed by atoms with Gasteiger partial charge in [0.2, 0.25) is 0 Å². The molecule has 3 aliphatic carbocycles. The van der Waals surface area contributed by atoms with Crippen molar-refractivity contribution in [1.82, 2.24) is 0 Å². The summed E-state index contributed by atoms with van der Waals surface area (Å²) in [5.41, 5.74) is 5.15. The Bertz CT molecular complexity index is 1180. The highest BCUT2D eigenvalue weighted by Gasteiger charge is 2.27. The zero-order chi connectivity index (χ0) is 30.7. The summed E-state index contributed by atoms with van der Waals surface area (Å²) in [6.45, 7) is 4.55. The molecule has 0 radical (unpaired) electrons. The van der Waals surface area contributed by atoms with Crippen molar-refractivity contribution in [3.05, 3.63) is 76.4 Å². The first-order valence-corrected chi connectivity index (χ1v) is 18.8.